The van der Waals surface area contributed by atoms with Crippen LogP contribution in [0.4, 0.5) is 5.69 Å². The molecule has 1 heterocycles. The normalized spacial score (nSPS) is 16.9. The third-order valence-electron chi connectivity index (χ3n) is 4.24. The van der Waals surface area contributed by atoms with Gasteiger partial charge in [-0.3, -0.25) is 0 Å². The highest BCUT2D eigenvalue weighted by Gasteiger charge is 2.21. The Morgan fingerprint density at radius 2 is 2.05 bits per heavy atom. The SMILES string of the molecule is CC(C)C1CCN(c2ccc(/C=C/C(=O)O)c(Cl)c2)CC1. The van der Waals surface area contributed by atoms with Crippen molar-refractivity contribution in [2.45, 2.75) is 26.7 Å². The van der Waals surface area contributed by atoms with Gasteiger partial charge >= 0.3 is 5.97 Å². The number of piperidine rings is 1. The van der Waals surface area contributed by atoms with E-state index in [2.05, 4.69) is 18.7 Å². The van der Waals surface area contributed by atoms with E-state index in [-0.39, 0.29) is 0 Å². The predicted octanol–water partition coefficient (Wildman–Crippen LogP) is 4.31. The van der Waals surface area contributed by atoms with Crippen molar-refractivity contribution in [1.29, 1.82) is 0 Å². The Labute approximate surface area is 131 Å². The number of hydrogen-bond donors (Lipinski definition) is 1. The first kappa shape index (κ1) is 15.9. The van der Waals surface area contributed by atoms with Crippen LogP contribution in [0.15, 0.2) is 24.3 Å². The summed E-state index contributed by atoms with van der Waals surface area (Å²) in [7, 11) is 0. The van der Waals surface area contributed by atoms with Gasteiger partial charge in [0.05, 0.1) is 0 Å². The highest BCUT2D eigenvalue weighted by molar-refractivity contribution is 6.32. The molecule has 0 aromatic heterocycles. The minimum Gasteiger partial charge on any atom is -0.478 e. The number of carbonyl (C=O) groups is 1. The molecule has 1 fully saturated rings. The van der Waals surface area contributed by atoms with E-state index >= 15 is 0 Å². The Morgan fingerprint density at radius 1 is 1.38 bits per heavy atom. The van der Waals surface area contributed by atoms with E-state index in [0.29, 0.717) is 5.02 Å². The molecule has 2 rings (SSSR count). The standard InChI is InChI=1S/C17H22ClNO2/c1-12(2)13-7-9-19(10-8-13)15-5-3-14(16(18)11-15)4-6-17(20)21/h3-6,11-13H,7-10H2,1-2H3,(H,20,21)/b6-4+. The molecule has 1 saturated heterocycles. The number of rotatable bonds is 4. The molecule has 0 aliphatic carbocycles. The van der Waals surface area contributed by atoms with Gasteiger partial charge in [0.25, 0.3) is 0 Å². The van der Waals surface area contributed by atoms with Crippen molar-refractivity contribution in [3.63, 3.8) is 0 Å². The third-order valence-corrected chi connectivity index (χ3v) is 4.56. The molecule has 21 heavy (non-hydrogen) atoms. The summed E-state index contributed by atoms with van der Waals surface area (Å²) in [5.74, 6) is 0.597. The predicted molar refractivity (Wildman–Crippen MR) is 87.9 cm³/mol. The van der Waals surface area contributed by atoms with E-state index < -0.39 is 5.97 Å². The van der Waals surface area contributed by atoms with E-state index in [0.717, 1.165) is 42.3 Å². The Morgan fingerprint density at radius 3 is 2.57 bits per heavy atom. The maximum absolute atomic E-state index is 10.5. The van der Waals surface area contributed by atoms with Crippen LogP contribution in [-0.4, -0.2) is 24.2 Å². The zero-order chi connectivity index (χ0) is 15.4. The van der Waals surface area contributed by atoms with Crippen LogP contribution >= 0.6 is 11.6 Å². The van der Waals surface area contributed by atoms with E-state index in [9.17, 15) is 4.79 Å². The highest BCUT2D eigenvalue weighted by atomic mass is 35.5. The number of nitrogens with zero attached hydrogens (tertiary/aromatic N) is 1. The second-order valence-electron chi connectivity index (χ2n) is 5.95. The van der Waals surface area contributed by atoms with Gasteiger partial charge in [-0.2, -0.15) is 0 Å². The van der Waals surface area contributed by atoms with Crippen molar-refractivity contribution >= 4 is 29.3 Å². The average Bonchev–Trinajstić information content (AvgIpc) is 2.46. The first-order chi connectivity index (χ1) is 9.97. The summed E-state index contributed by atoms with van der Waals surface area (Å²) in [4.78, 5) is 12.9. The molecule has 0 atom stereocenters. The fraction of sp³-hybridized carbons (Fsp3) is 0.471. The van der Waals surface area contributed by atoms with E-state index in [4.69, 9.17) is 16.7 Å². The molecule has 0 spiro atoms. The molecule has 0 radical (unpaired) electrons. The minimum atomic E-state index is -0.967. The van der Waals surface area contributed by atoms with Crippen LogP contribution in [0.3, 0.4) is 0 Å². The number of benzene rings is 1. The van der Waals surface area contributed by atoms with Gasteiger partial charge in [-0.1, -0.05) is 31.5 Å². The zero-order valence-electron chi connectivity index (χ0n) is 12.6. The number of carboxylic acids is 1. The lowest BCUT2D eigenvalue weighted by molar-refractivity contribution is -0.131. The summed E-state index contributed by atoms with van der Waals surface area (Å²) in [6.45, 7) is 6.70. The Kier molecular flexibility index (Phi) is 5.29. The fourth-order valence-corrected chi connectivity index (χ4v) is 3.07. The van der Waals surface area contributed by atoms with Crippen LogP contribution in [0.2, 0.25) is 5.02 Å². The molecule has 1 aliphatic heterocycles. The second-order valence-corrected chi connectivity index (χ2v) is 6.35. The monoisotopic (exact) mass is 307 g/mol. The van der Waals surface area contributed by atoms with Crippen LogP contribution in [0.25, 0.3) is 6.08 Å². The lowest BCUT2D eigenvalue weighted by atomic mass is 9.86. The van der Waals surface area contributed by atoms with Gasteiger partial charge in [-0.05, 0) is 48.4 Å². The van der Waals surface area contributed by atoms with Crippen molar-refractivity contribution in [1.82, 2.24) is 0 Å². The Balaban J connectivity index is 2.05. The van der Waals surface area contributed by atoms with Crippen molar-refractivity contribution in [2.24, 2.45) is 11.8 Å². The van der Waals surface area contributed by atoms with Crippen LogP contribution in [0.1, 0.15) is 32.3 Å². The van der Waals surface area contributed by atoms with Gasteiger partial charge in [0.2, 0.25) is 0 Å². The van der Waals surface area contributed by atoms with Gasteiger partial charge in [-0.25, -0.2) is 4.79 Å². The number of carboxylic acid groups (broad SMARTS) is 1. The topological polar surface area (TPSA) is 40.5 Å². The van der Waals surface area contributed by atoms with E-state index in [1.165, 1.54) is 18.9 Å². The van der Waals surface area contributed by atoms with Crippen LogP contribution in [-0.2, 0) is 4.79 Å². The van der Waals surface area contributed by atoms with Gasteiger partial charge in [0, 0.05) is 29.9 Å². The number of halogens is 1. The molecule has 1 aliphatic rings. The van der Waals surface area contributed by atoms with Crippen molar-refractivity contribution in [3.8, 4) is 0 Å². The van der Waals surface area contributed by atoms with Crippen LogP contribution < -0.4 is 4.90 Å². The molecule has 1 aromatic carbocycles. The molecule has 0 saturated carbocycles. The van der Waals surface area contributed by atoms with E-state index in [1.54, 1.807) is 0 Å². The van der Waals surface area contributed by atoms with Crippen molar-refractivity contribution in [3.05, 3.63) is 34.9 Å². The smallest absolute Gasteiger partial charge is 0.328 e. The number of hydrogen-bond acceptors (Lipinski definition) is 2. The molecule has 114 valence electrons. The summed E-state index contributed by atoms with van der Waals surface area (Å²) in [5.41, 5.74) is 1.86. The van der Waals surface area contributed by atoms with E-state index in [1.807, 2.05) is 18.2 Å². The maximum Gasteiger partial charge on any atom is 0.328 e. The van der Waals surface area contributed by atoms with Gasteiger partial charge in [-0.15, -0.1) is 0 Å². The quantitative estimate of drug-likeness (QED) is 0.843. The number of anilines is 1. The molecule has 0 unspecified atom stereocenters. The molecule has 1 N–H and O–H groups in total. The van der Waals surface area contributed by atoms with Crippen LogP contribution in [0, 0.1) is 11.8 Å². The average molecular weight is 308 g/mol. The molecule has 3 nitrogen and oxygen atoms in total. The molecule has 4 heteroatoms. The summed E-state index contributed by atoms with van der Waals surface area (Å²) in [6, 6.07) is 5.83. The lowest BCUT2D eigenvalue weighted by Crippen LogP contribution is -2.35. The summed E-state index contributed by atoms with van der Waals surface area (Å²) >= 11 is 6.24. The van der Waals surface area contributed by atoms with Gasteiger partial charge in [0.1, 0.15) is 0 Å². The first-order valence-corrected chi connectivity index (χ1v) is 7.80. The summed E-state index contributed by atoms with van der Waals surface area (Å²) in [5, 5.41) is 9.25. The first-order valence-electron chi connectivity index (χ1n) is 7.43. The Bertz CT molecular complexity index is 532. The maximum atomic E-state index is 10.5. The second kappa shape index (κ2) is 6.99. The Hall–Kier alpha value is -1.48. The van der Waals surface area contributed by atoms with Crippen molar-refractivity contribution < 1.29 is 9.90 Å². The van der Waals surface area contributed by atoms with Crippen LogP contribution in [0.5, 0.6) is 0 Å². The summed E-state index contributed by atoms with van der Waals surface area (Å²) in [6.07, 6.45) is 5.07. The zero-order valence-corrected chi connectivity index (χ0v) is 13.3. The molecular formula is C17H22ClNO2. The minimum absolute atomic E-state index is 0.594. The van der Waals surface area contributed by atoms with Crippen molar-refractivity contribution in [2.75, 3.05) is 18.0 Å². The lowest BCUT2D eigenvalue weighted by Gasteiger charge is -2.35. The highest BCUT2D eigenvalue weighted by Crippen LogP contribution is 2.30. The largest absolute Gasteiger partial charge is 0.478 e. The van der Waals surface area contributed by atoms with Gasteiger partial charge < -0.3 is 10.0 Å². The number of aliphatic carboxylic acids is 1. The molecule has 1 aromatic rings. The molecular weight excluding hydrogens is 286 g/mol. The molecule has 0 amide bonds. The van der Waals surface area contributed by atoms with Gasteiger partial charge in [0.15, 0.2) is 0 Å². The fourth-order valence-electron chi connectivity index (χ4n) is 2.83. The molecule has 0 bridgehead atoms. The third kappa shape index (κ3) is 4.24. The summed E-state index contributed by atoms with van der Waals surface area (Å²) < 4.78 is 0.